The number of halogens is 1. The summed E-state index contributed by atoms with van der Waals surface area (Å²) in [5.41, 5.74) is 1.86. The van der Waals surface area contributed by atoms with E-state index in [1.807, 2.05) is 12.1 Å². The van der Waals surface area contributed by atoms with E-state index in [0.29, 0.717) is 6.42 Å². The molecular weight excluding hydrogens is 402 g/mol. The number of rotatable bonds is 7. The molecule has 0 spiro atoms. The van der Waals surface area contributed by atoms with Crippen molar-refractivity contribution in [1.29, 1.82) is 0 Å². The minimum atomic E-state index is -2.46. The summed E-state index contributed by atoms with van der Waals surface area (Å²) in [6.45, 7) is 2.21. The van der Waals surface area contributed by atoms with Gasteiger partial charge in [0.15, 0.2) is 0 Å². The van der Waals surface area contributed by atoms with Gasteiger partial charge in [-0.15, -0.1) is 0 Å². The third-order valence-corrected chi connectivity index (χ3v) is 11.3. The number of benzene rings is 3. The van der Waals surface area contributed by atoms with E-state index >= 15 is 0 Å². The fourth-order valence-corrected chi connectivity index (χ4v) is 9.78. The Morgan fingerprint density at radius 1 is 0.806 bits per heavy atom. The molecule has 1 nitrogen and oxygen atoms in total. The first kappa shape index (κ1) is 21.4. The van der Waals surface area contributed by atoms with Crippen LogP contribution in [0.3, 0.4) is 0 Å². The average Bonchev–Trinajstić information content (AvgIpc) is 2.82. The monoisotopic (exact) mass is 430 g/mol. The summed E-state index contributed by atoms with van der Waals surface area (Å²) in [5.74, 6) is -0.0702. The number of ketones is 1. The van der Waals surface area contributed by atoms with Gasteiger partial charge in [-0.25, -0.2) is 0 Å². The van der Waals surface area contributed by atoms with Crippen molar-refractivity contribution < 1.29 is 9.18 Å². The number of carbonyl (C=O) groups is 1. The van der Waals surface area contributed by atoms with Crippen molar-refractivity contribution in [3.63, 3.8) is 0 Å². The summed E-state index contributed by atoms with van der Waals surface area (Å²) < 4.78 is 13.3. The molecule has 0 saturated carbocycles. The molecule has 31 heavy (non-hydrogen) atoms. The molecule has 0 amide bonds. The predicted molar refractivity (Wildman–Crippen MR) is 132 cm³/mol. The molecule has 0 heterocycles. The second-order valence-electron chi connectivity index (χ2n) is 8.12. The van der Waals surface area contributed by atoms with Crippen LogP contribution in [0.1, 0.15) is 31.7 Å². The van der Waals surface area contributed by atoms with Crippen molar-refractivity contribution in [2.45, 2.75) is 26.2 Å². The van der Waals surface area contributed by atoms with Gasteiger partial charge in [0.2, 0.25) is 0 Å². The molecule has 3 aromatic rings. The molecule has 0 unspecified atom stereocenters. The van der Waals surface area contributed by atoms with Crippen molar-refractivity contribution in [1.82, 2.24) is 0 Å². The van der Waals surface area contributed by atoms with Gasteiger partial charge < -0.3 is 0 Å². The Kier molecular flexibility index (Phi) is 6.59. The third-order valence-electron chi connectivity index (χ3n) is 6.22. The molecule has 3 heteroatoms. The Bertz CT molecular complexity index is 1060. The van der Waals surface area contributed by atoms with Crippen LogP contribution in [0, 0.1) is 5.82 Å². The molecule has 0 saturated heterocycles. The summed E-state index contributed by atoms with van der Waals surface area (Å²) in [4.78, 5) is 13.7. The summed E-state index contributed by atoms with van der Waals surface area (Å²) in [7, 11) is -2.46. The van der Waals surface area contributed by atoms with Gasteiger partial charge in [0.05, 0.1) is 0 Å². The Morgan fingerprint density at radius 2 is 1.39 bits per heavy atom. The minimum absolute atomic E-state index is 0.192. The van der Waals surface area contributed by atoms with E-state index in [1.165, 1.54) is 22.7 Å². The molecule has 0 radical (unpaired) electrons. The molecule has 3 aromatic carbocycles. The van der Waals surface area contributed by atoms with Crippen LogP contribution in [0.2, 0.25) is 0 Å². The Labute approximate surface area is 184 Å². The number of hydrogen-bond donors (Lipinski definition) is 0. The maximum atomic E-state index is 13.7. The number of Topliss-reactive ketones (excluding diaryl/α,β-unsaturated/α-hetero) is 1. The van der Waals surface area contributed by atoms with E-state index in [4.69, 9.17) is 0 Å². The molecule has 1 aliphatic carbocycles. The number of carbonyl (C=O) groups excluding carboxylic acids is 1. The van der Waals surface area contributed by atoms with Crippen LogP contribution in [-0.2, 0) is 4.79 Å². The molecule has 0 bridgehead atoms. The molecule has 4 rings (SSSR count). The van der Waals surface area contributed by atoms with Crippen molar-refractivity contribution in [3.05, 3.63) is 114 Å². The van der Waals surface area contributed by atoms with E-state index < -0.39 is 7.26 Å². The van der Waals surface area contributed by atoms with Gasteiger partial charge in [-0.2, -0.15) is 0 Å². The van der Waals surface area contributed by atoms with Crippen LogP contribution in [0.15, 0.2) is 102 Å². The molecular formula is C28H28FOP. The normalized spacial score (nSPS) is 14.7. The summed E-state index contributed by atoms with van der Waals surface area (Å²) in [5, 5.41) is 3.55. The Morgan fingerprint density at radius 3 is 1.90 bits per heavy atom. The van der Waals surface area contributed by atoms with E-state index in [9.17, 15) is 9.18 Å². The van der Waals surface area contributed by atoms with Crippen LogP contribution in [-0.4, -0.2) is 11.9 Å². The zero-order valence-electron chi connectivity index (χ0n) is 17.9. The molecule has 0 N–H and O–H groups in total. The van der Waals surface area contributed by atoms with Gasteiger partial charge in [0, 0.05) is 0 Å². The first-order valence-corrected chi connectivity index (χ1v) is 13.2. The Hall–Kier alpha value is -2.83. The van der Waals surface area contributed by atoms with Crippen molar-refractivity contribution in [2.24, 2.45) is 0 Å². The molecule has 1 aliphatic rings. The first-order chi connectivity index (χ1) is 15.1. The fourth-order valence-electron chi connectivity index (χ4n) is 4.63. The van der Waals surface area contributed by atoms with Crippen LogP contribution >= 0.6 is 7.26 Å². The van der Waals surface area contributed by atoms with E-state index in [-0.39, 0.29) is 11.6 Å². The molecule has 0 aromatic heterocycles. The molecule has 0 aliphatic heterocycles. The topological polar surface area (TPSA) is 17.1 Å². The van der Waals surface area contributed by atoms with Crippen LogP contribution in [0.25, 0.3) is 5.57 Å². The standard InChI is InChI=1S/C28H28FOP/c1-2-3-20-31(25-10-6-4-7-11-25,26-12-8-5-9-13-26)28-19-16-23(21-27(28)30)22-14-17-24(29)18-15-22/h4-19,31H,2-3,20-21H2,1H3. The zero-order valence-corrected chi connectivity index (χ0v) is 18.9. The van der Waals surface area contributed by atoms with Crippen LogP contribution in [0.5, 0.6) is 0 Å². The van der Waals surface area contributed by atoms with Crippen molar-refractivity contribution in [2.75, 3.05) is 6.16 Å². The van der Waals surface area contributed by atoms with Crippen molar-refractivity contribution in [3.8, 4) is 0 Å². The molecule has 0 atom stereocenters. The number of unbranched alkanes of at least 4 members (excludes halogenated alkanes) is 1. The van der Waals surface area contributed by atoms with Crippen molar-refractivity contribution >= 4 is 29.2 Å². The van der Waals surface area contributed by atoms with E-state index in [1.54, 1.807) is 12.1 Å². The van der Waals surface area contributed by atoms with Crippen LogP contribution in [0.4, 0.5) is 4.39 Å². The number of hydrogen-bond acceptors (Lipinski definition) is 1. The van der Waals surface area contributed by atoms with E-state index in [2.05, 4.69) is 67.6 Å². The SMILES string of the molecule is CCCC[PH](C1=CC=C(c2ccc(F)cc2)CC1=O)(c1ccccc1)c1ccccc1. The third kappa shape index (κ3) is 4.31. The molecule has 0 fully saturated rings. The quantitative estimate of drug-likeness (QED) is 0.404. The van der Waals surface area contributed by atoms with Gasteiger partial charge in [-0.1, -0.05) is 0 Å². The summed E-state index contributed by atoms with van der Waals surface area (Å²) in [6.07, 6.45) is 7.67. The Balaban J connectivity index is 1.89. The second-order valence-corrected chi connectivity index (χ2v) is 12.1. The summed E-state index contributed by atoms with van der Waals surface area (Å²) in [6, 6.07) is 27.6. The zero-order chi connectivity index (χ0) is 21.7. The van der Waals surface area contributed by atoms with Gasteiger partial charge >= 0.3 is 185 Å². The predicted octanol–water partition coefficient (Wildman–Crippen LogP) is 6.27. The average molecular weight is 431 g/mol. The maximum absolute atomic E-state index is 13.7. The second kappa shape index (κ2) is 9.54. The van der Waals surface area contributed by atoms with E-state index in [0.717, 1.165) is 35.5 Å². The first-order valence-electron chi connectivity index (χ1n) is 11.0. The van der Waals surface area contributed by atoms with Crippen LogP contribution < -0.4 is 10.6 Å². The number of allylic oxidation sites excluding steroid dienone is 4. The van der Waals surface area contributed by atoms with Gasteiger partial charge in [0.1, 0.15) is 0 Å². The molecule has 158 valence electrons. The fraction of sp³-hybridized carbons (Fsp3) is 0.179. The van der Waals surface area contributed by atoms with Gasteiger partial charge in [0.25, 0.3) is 0 Å². The van der Waals surface area contributed by atoms with Gasteiger partial charge in [-0.3, -0.25) is 0 Å². The summed E-state index contributed by atoms with van der Waals surface area (Å²) >= 11 is 0. The van der Waals surface area contributed by atoms with Gasteiger partial charge in [-0.05, 0) is 0 Å².